The van der Waals surface area contributed by atoms with Gasteiger partial charge in [-0.15, -0.1) is 0 Å². The normalized spacial score (nSPS) is 11.0. The van der Waals surface area contributed by atoms with Gasteiger partial charge in [0.05, 0.1) is 12.8 Å². The molecular formula is C14H12N2O2. The first-order valence-corrected chi connectivity index (χ1v) is 5.65. The number of carbonyl (C=O) groups excluding carboxylic acids is 1. The maximum Gasteiger partial charge on any atom is 0.168 e. The van der Waals surface area contributed by atoms with Gasteiger partial charge in [-0.25, -0.2) is 4.98 Å². The molecule has 2 heterocycles. The first-order chi connectivity index (χ1) is 8.74. The molecule has 0 fully saturated rings. The summed E-state index contributed by atoms with van der Waals surface area (Å²) in [5, 5.41) is 2.05. The number of fused-ring (bicyclic) bond motifs is 3. The third-order valence-corrected chi connectivity index (χ3v) is 3.15. The van der Waals surface area contributed by atoms with Crippen molar-refractivity contribution in [1.29, 1.82) is 0 Å². The molecule has 0 saturated heterocycles. The van der Waals surface area contributed by atoms with Crippen LogP contribution in [0.4, 0.5) is 0 Å². The van der Waals surface area contributed by atoms with Crippen molar-refractivity contribution in [2.24, 2.45) is 0 Å². The van der Waals surface area contributed by atoms with Gasteiger partial charge in [-0.1, -0.05) is 6.07 Å². The number of aromatic nitrogens is 2. The Kier molecular flexibility index (Phi) is 2.30. The zero-order chi connectivity index (χ0) is 12.7. The number of benzene rings is 1. The summed E-state index contributed by atoms with van der Waals surface area (Å²) in [5.74, 6) is 0.781. The first-order valence-electron chi connectivity index (χ1n) is 5.65. The third-order valence-electron chi connectivity index (χ3n) is 3.15. The van der Waals surface area contributed by atoms with E-state index in [0.717, 1.165) is 34.1 Å². The Hall–Kier alpha value is -2.36. The lowest BCUT2D eigenvalue weighted by atomic mass is 10.1. The molecule has 4 heteroatoms. The van der Waals surface area contributed by atoms with Crippen LogP contribution in [-0.4, -0.2) is 22.8 Å². The Bertz CT molecular complexity index is 759. The van der Waals surface area contributed by atoms with Gasteiger partial charge in [0, 0.05) is 11.6 Å². The molecule has 1 aromatic carbocycles. The van der Waals surface area contributed by atoms with E-state index in [1.165, 1.54) is 0 Å². The van der Waals surface area contributed by atoms with Crippen molar-refractivity contribution in [3.63, 3.8) is 0 Å². The molecule has 18 heavy (non-hydrogen) atoms. The smallest absolute Gasteiger partial charge is 0.168 e. The molecule has 0 aliphatic rings. The van der Waals surface area contributed by atoms with E-state index in [4.69, 9.17) is 4.74 Å². The van der Waals surface area contributed by atoms with Crippen LogP contribution in [0, 0.1) is 6.92 Å². The largest absolute Gasteiger partial charge is 0.497 e. The molecule has 0 amide bonds. The van der Waals surface area contributed by atoms with Gasteiger partial charge in [0.25, 0.3) is 0 Å². The summed E-state index contributed by atoms with van der Waals surface area (Å²) >= 11 is 0. The van der Waals surface area contributed by atoms with Gasteiger partial charge in [0.2, 0.25) is 0 Å². The Morgan fingerprint density at radius 2 is 2.17 bits per heavy atom. The van der Waals surface area contributed by atoms with Crippen molar-refractivity contribution in [3.05, 3.63) is 41.9 Å². The highest BCUT2D eigenvalue weighted by molar-refractivity contribution is 5.96. The van der Waals surface area contributed by atoms with Gasteiger partial charge in [0.15, 0.2) is 6.29 Å². The van der Waals surface area contributed by atoms with Crippen LogP contribution in [0.1, 0.15) is 16.2 Å². The van der Waals surface area contributed by atoms with Gasteiger partial charge in [-0.05, 0) is 30.5 Å². The fourth-order valence-corrected chi connectivity index (χ4v) is 2.20. The lowest BCUT2D eigenvalue weighted by molar-refractivity contribution is 0.111. The van der Waals surface area contributed by atoms with Crippen molar-refractivity contribution in [2.75, 3.05) is 7.11 Å². The topological polar surface area (TPSA) is 43.6 Å². The predicted molar refractivity (Wildman–Crippen MR) is 69.4 cm³/mol. The third kappa shape index (κ3) is 1.39. The van der Waals surface area contributed by atoms with E-state index in [-0.39, 0.29) is 0 Å². The second kappa shape index (κ2) is 3.84. The number of pyridine rings is 1. The van der Waals surface area contributed by atoms with E-state index >= 15 is 0 Å². The summed E-state index contributed by atoms with van der Waals surface area (Å²) in [6, 6.07) is 7.80. The van der Waals surface area contributed by atoms with Gasteiger partial charge < -0.3 is 4.74 Å². The number of aryl methyl sites for hydroxylation is 1. The molecule has 90 valence electrons. The van der Waals surface area contributed by atoms with E-state index in [2.05, 4.69) is 4.98 Å². The average molecular weight is 240 g/mol. The second-order valence-corrected chi connectivity index (χ2v) is 4.16. The quantitative estimate of drug-likeness (QED) is 0.647. The molecular weight excluding hydrogens is 228 g/mol. The van der Waals surface area contributed by atoms with E-state index in [1.54, 1.807) is 7.11 Å². The lowest BCUT2D eigenvalue weighted by Crippen LogP contribution is -1.92. The van der Waals surface area contributed by atoms with E-state index < -0.39 is 0 Å². The molecule has 0 N–H and O–H groups in total. The predicted octanol–water partition coefficient (Wildman–Crippen LogP) is 2.62. The van der Waals surface area contributed by atoms with Crippen LogP contribution in [-0.2, 0) is 0 Å². The van der Waals surface area contributed by atoms with Gasteiger partial charge in [-0.3, -0.25) is 9.20 Å². The number of imidazole rings is 1. The number of ether oxygens (including phenoxy) is 1. The average Bonchev–Trinajstić information content (AvgIpc) is 2.73. The maximum absolute atomic E-state index is 11.1. The highest BCUT2D eigenvalue weighted by atomic mass is 16.5. The minimum absolute atomic E-state index is 0.592. The Morgan fingerprint density at radius 1 is 1.33 bits per heavy atom. The Labute approximate surface area is 104 Å². The molecule has 0 aliphatic heterocycles. The minimum atomic E-state index is 0.592. The summed E-state index contributed by atoms with van der Waals surface area (Å²) in [4.78, 5) is 15.5. The van der Waals surface area contributed by atoms with Crippen LogP contribution >= 0.6 is 0 Å². The summed E-state index contributed by atoms with van der Waals surface area (Å²) in [6.07, 6.45) is 2.70. The van der Waals surface area contributed by atoms with Gasteiger partial charge >= 0.3 is 0 Å². The van der Waals surface area contributed by atoms with Crippen molar-refractivity contribution in [1.82, 2.24) is 9.38 Å². The molecule has 0 atom stereocenters. The zero-order valence-corrected chi connectivity index (χ0v) is 10.2. The molecule has 0 unspecified atom stereocenters. The SMILES string of the molecule is COc1ccc2ccn3c(C=O)c(C)nc3c2c1. The molecule has 0 saturated carbocycles. The van der Waals surface area contributed by atoms with E-state index in [1.807, 2.05) is 41.8 Å². The summed E-state index contributed by atoms with van der Waals surface area (Å²) in [7, 11) is 1.63. The maximum atomic E-state index is 11.1. The minimum Gasteiger partial charge on any atom is -0.497 e. The van der Waals surface area contributed by atoms with Crippen LogP contribution in [0.15, 0.2) is 30.5 Å². The summed E-state index contributed by atoms with van der Waals surface area (Å²) in [6.45, 7) is 1.84. The molecule has 0 spiro atoms. The fourth-order valence-electron chi connectivity index (χ4n) is 2.20. The highest BCUT2D eigenvalue weighted by Crippen LogP contribution is 2.25. The fraction of sp³-hybridized carbons (Fsp3) is 0.143. The van der Waals surface area contributed by atoms with Crippen LogP contribution in [0.3, 0.4) is 0 Å². The van der Waals surface area contributed by atoms with Crippen molar-refractivity contribution in [3.8, 4) is 5.75 Å². The number of hydrogen-bond acceptors (Lipinski definition) is 3. The van der Waals surface area contributed by atoms with E-state index in [9.17, 15) is 4.79 Å². The monoisotopic (exact) mass is 240 g/mol. The molecule has 0 radical (unpaired) electrons. The van der Waals surface area contributed by atoms with Crippen molar-refractivity contribution < 1.29 is 9.53 Å². The number of hydrogen-bond donors (Lipinski definition) is 0. The second-order valence-electron chi connectivity index (χ2n) is 4.16. The van der Waals surface area contributed by atoms with Crippen molar-refractivity contribution >= 4 is 22.7 Å². The lowest BCUT2D eigenvalue weighted by Gasteiger charge is -2.04. The number of rotatable bonds is 2. The molecule has 4 nitrogen and oxygen atoms in total. The molecule has 0 aliphatic carbocycles. The standard InChI is InChI=1S/C14H12N2O2/c1-9-13(8-17)16-6-5-10-3-4-11(18-2)7-12(10)14(16)15-9/h3-8H,1-2H3. The Balaban J connectivity index is 2.47. The molecule has 3 rings (SSSR count). The van der Waals surface area contributed by atoms with Crippen LogP contribution in [0.25, 0.3) is 16.4 Å². The number of nitrogens with zero attached hydrogens (tertiary/aromatic N) is 2. The summed E-state index contributed by atoms with van der Waals surface area (Å²) < 4.78 is 7.04. The van der Waals surface area contributed by atoms with E-state index in [0.29, 0.717) is 5.69 Å². The number of aldehydes is 1. The zero-order valence-electron chi connectivity index (χ0n) is 10.2. The number of carbonyl (C=O) groups is 1. The molecule has 3 aromatic rings. The Morgan fingerprint density at radius 3 is 2.89 bits per heavy atom. The van der Waals surface area contributed by atoms with Gasteiger partial charge in [-0.2, -0.15) is 0 Å². The summed E-state index contributed by atoms with van der Waals surface area (Å²) in [5.41, 5.74) is 2.11. The first kappa shape index (κ1) is 10.8. The van der Waals surface area contributed by atoms with Crippen LogP contribution < -0.4 is 4.74 Å². The number of methoxy groups -OCH3 is 1. The molecule has 2 aromatic heterocycles. The van der Waals surface area contributed by atoms with Crippen molar-refractivity contribution in [2.45, 2.75) is 6.92 Å². The highest BCUT2D eigenvalue weighted by Gasteiger charge is 2.10. The van der Waals surface area contributed by atoms with Crippen LogP contribution in [0.2, 0.25) is 0 Å². The van der Waals surface area contributed by atoms with Crippen LogP contribution in [0.5, 0.6) is 5.75 Å². The molecule has 0 bridgehead atoms. The van der Waals surface area contributed by atoms with Gasteiger partial charge in [0.1, 0.15) is 17.1 Å².